The highest BCUT2D eigenvalue weighted by Crippen LogP contribution is 2.44. The second-order valence-electron chi connectivity index (χ2n) is 9.62. The van der Waals surface area contributed by atoms with Gasteiger partial charge in [0.05, 0.1) is 24.1 Å². The number of hydrogen-bond donors (Lipinski definition) is 1. The van der Waals surface area contributed by atoms with E-state index in [-0.39, 0.29) is 23.7 Å². The number of fused-ring (bicyclic) bond motifs is 1. The summed E-state index contributed by atoms with van der Waals surface area (Å²) >= 11 is 8.06. The van der Waals surface area contributed by atoms with Gasteiger partial charge in [0.25, 0.3) is 0 Å². The molecule has 0 spiro atoms. The van der Waals surface area contributed by atoms with Gasteiger partial charge >= 0.3 is 5.97 Å². The van der Waals surface area contributed by atoms with E-state index in [0.717, 1.165) is 30.3 Å². The van der Waals surface area contributed by atoms with Gasteiger partial charge in [-0.3, -0.25) is 9.78 Å². The molecule has 1 atom stereocenters. The summed E-state index contributed by atoms with van der Waals surface area (Å²) in [6.45, 7) is 2.39. The highest BCUT2D eigenvalue weighted by Gasteiger charge is 2.37. The molecule has 1 fully saturated rings. The van der Waals surface area contributed by atoms with E-state index in [4.69, 9.17) is 16.3 Å². The summed E-state index contributed by atoms with van der Waals surface area (Å²) in [7, 11) is 1.55. The number of rotatable bonds is 11. The van der Waals surface area contributed by atoms with E-state index in [1.165, 1.54) is 18.3 Å². The first-order valence-corrected chi connectivity index (χ1v) is 13.7. The maximum atomic E-state index is 15.7. The van der Waals surface area contributed by atoms with Crippen LogP contribution in [0, 0.1) is 11.2 Å². The van der Waals surface area contributed by atoms with Gasteiger partial charge < -0.3 is 14.7 Å². The number of aromatic nitrogens is 1. The zero-order chi connectivity index (χ0) is 26.4. The van der Waals surface area contributed by atoms with E-state index in [1.54, 1.807) is 49.2 Å². The number of benzene rings is 2. The molecule has 1 aliphatic heterocycles. The zero-order valence-corrected chi connectivity index (χ0v) is 22.3. The number of hydrogen-bond acceptors (Lipinski definition) is 5. The van der Waals surface area contributed by atoms with Gasteiger partial charge in [-0.2, -0.15) is 0 Å². The number of likely N-dealkylation sites (tertiary alicyclic amines) is 1. The van der Waals surface area contributed by atoms with E-state index in [9.17, 15) is 14.3 Å². The molecule has 9 heteroatoms. The summed E-state index contributed by atoms with van der Waals surface area (Å²) < 4.78 is 34.1. The molecule has 1 aromatic heterocycles. The van der Waals surface area contributed by atoms with Crippen molar-refractivity contribution in [1.29, 1.82) is 0 Å². The SMILES string of the molecule is COc1ccc2ncc(Cl)c([C@H](F)CCC3(CC(=O)O)CCN(CCSc4ccc(F)cc4)CC3)c2c1. The lowest BCUT2D eigenvalue weighted by atomic mass is 9.71. The summed E-state index contributed by atoms with van der Waals surface area (Å²) in [5.74, 6) is 0.358. The number of carboxylic acids is 1. The number of aliphatic carboxylic acids is 1. The Morgan fingerprint density at radius 3 is 2.65 bits per heavy atom. The molecule has 0 aliphatic carbocycles. The topological polar surface area (TPSA) is 62.7 Å². The van der Waals surface area contributed by atoms with Gasteiger partial charge in [-0.15, -0.1) is 11.8 Å². The van der Waals surface area contributed by atoms with Crippen molar-refractivity contribution in [3.8, 4) is 5.75 Å². The summed E-state index contributed by atoms with van der Waals surface area (Å²) in [6.07, 6.45) is 2.19. The number of carboxylic acid groups (broad SMARTS) is 1. The Morgan fingerprint density at radius 1 is 1.24 bits per heavy atom. The lowest BCUT2D eigenvalue weighted by Crippen LogP contribution is -2.42. The van der Waals surface area contributed by atoms with Crippen LogP contribution in [0.2, 0.25) is 5.02 Å². The predicted molar refractivity (Wildman–Crippen MR) is 144 cm³/mol. The predicted octanol–water partition coefficient (Wildman–Crippen LogP) is 7.18. The molecule has 0 unspecified atom stereocenters. The summed E-state index contributed by atoms with van der Waals surface area (Å²) in [5.41, 5.74) is 0.560. The maximum absolute atomic E-state index is 15.7. The van der Waals surface area contributed by atoms with Crippen LogP contribution in [-0.4, -0.2) is 53.5 Å². The van der Waals surface area contributed by atoms with E-state index in [0.29, 0.717) is 41.5 Å². The second-order valence-corrected chi connectivity index (χ2v) is 11.2. The van der Waals surface area contributed by atoms with Gasteiger partial charge in [0.1, 0.15) is 17.7 Å². The fraction of sp³-hybridized carbons (Fsp3) is 0.429. The van der Waals surface area contributed by atoms with Gasteiger partial charge in [-0.25, -0.2) is 8.78 Å². The van der Waals surface area contributed by atoms with Gasteiger partial charge in [0.15, 0.2) is 0 Å². The molecule has 0 bridgehead atoms. The van der Waals surface area contributed by atoms with Gasteiger partial charge in [-0.1, -0.05) is 11.6 Å². The number of methoxy groups -OCH3 is 1. The summed E-state index contributed by atoms with van der Waals surface area (Å²) in [6, 6.07) is 11.8. The first kappa shape index (κ1) is 27.6. The average molecular weight is 549 g/mol. The van der Waals surface area contributed by atoms with E-state index < -0.39 is 17.6 Å². The van der Waals surface area contributed by atoms with Crippen LogP contribution in [0.15, 0.2) is 53.6 Å². The van der Waals surface area contributed by atoms with Crippen LogP contribution in [0.3, 0.4) is 0 Å². The van der Waals surface area contributed by atoms with Crippen LogP contribution in [0.1, 0.15) is 43.8 Å². The molecular weight excluding hydrogens is 518 g/mol. The minimum Gasteiger partial charge on any atom is -0.497 e. The molecule has 0 radical (unpaired) electrons. The van der Waals surface area contributed by atoms with Crippen LogP contribution in [0.5, 0.6) is 5.75 Å². The zero-order valence-electron chi connectivity index (χ0n) is 20.8. The summed E-state index contributed by atoms with van der Waals surface area (Å²) in [5, 5.41) is 10.5. The number of ether oxygens (including phenoxy) is 1. The van der Waals surface area contributed by atoms with Crippen LogP contribution >= 0.6 is 23.4 Å². The molecule has 0 saturated carbocycles. The molecule has 4 rings (SSSR count). The third kappa shape index (κ3) is 7.12. The largest absolute Gasteiger partial charge is 0.497 e. The van der Waals surface area contributed by atoms with Crippen LogP contribution < -0.4 is 4.74 Å². The molecule has 1 saturated heterocycles. The quantitative estimate of drug-likeness (QED) is 0.256. The van der Waals surface area contributed by atoms with Crippen molar-refractivity contribution in [2.75, 3.05) is 32.5 Å². The fourth-order valence-corrected chi connectivity index (χ4v) is 6.28. The Kier molecular flexibility index (Phi) is 9.27. The molecule has 37 heavy (non-hydrogen) atoms. The Morgan fingerprint density at radius 2 is 1.97 bits per heavy atom. The minimum atomic E-state index is -1.35. The lowest BCUT2D eigenvalue weighted by molar-refractivity contribution is -0.141. The van der Waals surface area contributed by atoms with Crippen LogP contribution in [0.25, 0.3) is 10.9 Å². The Balaban J connectivity index is 1.38. The highest BCUT2D eigenvalue weighted by atomic mass is 35.5. The fourth-order valence-electron chi connectivity index (χ4n) is 5.10. The van der Waals surface area contributed by atoms with Crippen molar-refractivity contribution in [1.82, 2.24) is 9.88 Å². The smallest absolute Gasteiger partial charge is 0.303 e. The molecule has 198 valence electrons. The Bertz CT molecular complexity index is 1220. The molecular formula is C28H31ClF2N2O3S. The normalized spacial score (nSPS) is 16.5. The second kappa shape index (κ2) is 12.4. The Hall–Kier alpha value is -2.42. The Labute approximate surface area is 225 Å². The third-order valence-corrected chi connectivity index (χ3v) is 8.54. The van der Waals surface area contributed by atoms with Gasteiger partial charge in [-0.05, 0) is 86.7 Å². The first-order valence-electron chi connectivity index (χ1n) is 12.4. The average Bonchev–Trinajstić information content (AvgIpc) is 2.89. The number of pyridine rings is 1. The van der Waals surface area contributed by atoms with Crippen LogP contribution in [-0.2, 0) is 4.79 Å². The summed E-state index contributed by atoms with van der Waals surface area (Å²) in [4.78, 5) is 19.4. The molecule has 2 aromatic carbocycles. The number of thioether (sulfide) groups is 1. The minimum absolute atomic E-state index is 0.0243. The highest BCUT2D eigenvalue weighted by molar-refractivity contribution is 7.99. The maximum Gasteiger partial charge on any atom is 0.303 e. The number of alkyl halides is 1. The molecule has 1 N–H and O–H groups in total. The van der Waals surface area contributed by atoms with Crippen molar-refractivity contribution in [2.24, 2.45) is 5.41 Å². The number of piperidine rings is 1. The van der Waals surface area contributed by atoms with E-state index >= 15 is 4.39 Å². The van der Waals surface area contributed by atoms with E-state index in [1.807, 2.05) is 0 Å². The van der Waals surface area contributed by atoms with E-state index in [2.05, 4.69) is 9.88 Å². The monoisotopic (exact) mass is 548 g/mol. The molecule has 1 aliphatic rings. The van der Waals surface area contributed by atoms with Crippen molar-refractivity contribution in [2.45, 2.75) is 43.2 Å². The van der Waals surface area contributed by atoms with Crippen molar-refractivity contribution >= 4 is 40.2 Å². The number of carbonyl (C=O) groups is 1. The molecule has 5 nitrogen and oxygen atoms in total. The van der Waals surface area contributed by atoms with Crippen molar-refractivity contribution in [3.63, 3.8) is 0 Å². The third-order valence-electron chi connectivity index (χ3n) is 7.24. The van der Waals surface area contributed by atoms with Crippen molar-refractivity contribution in [3.05, 3.63) is 65.1 Å². The van der Waals surface area contributed by atoms with Gasteiger partial charge in [0, 0.05) is 34.3 Å². The number of halogens is 3. The number of nitrogens with zero attached hydrogens (tertiary/aromatic N) is 2. The standard InChI is InChI=1S/C28H31ClF2N2O3S/c1-36-20-4-7-25-22(16-20)27(23(29)18-32-25)24(31)8-9-28(17-26(34)35)10-12-33(13-11-28)14-15-37-21-5-2-19(30)3-6-21/h2-7,16,18,24H,8-15,17H2,1H3,(H,34,35)/t24-/m1/s1. The molecule has 3 aromatic rings. The van der Waals surface area contributed by atoms with Gasteiger partial charge in [0.2, 0.25) is 0 Å². The van der Waals surface area contributed by atoms with Crippen LogP contribution in [0.4, 0.5) is 8.78 Å². The van der Waals surface area contributed by atoms with Crippen molar-refractivity contribution < 1.29 is 23.4 Å². The molecule has 0 amide bonds. The molecule has 2 heterocycles. The first-order chi connectivity index (χ1) is 17.8. The lowest BCUT2D eigenvalue weighted by Gasteiger charge is -2.41.